The third-order valence-electron chi connectivity index (χ3n) is 4.79. The van der Waals surface area contributed by atoms with Crippen molar-refractivity contribution in [2.75, 3.05) is 0 Å². The maximum atomic E-state index is 12.5. The fourth-order valence-electron chi connectivity index (χ4n) is 3.29. The van der Waals surface area contributed by atoms with Crippen LogP contribution in [0.3, 0.4) is 0 Å². The van der Waals surface area contributed by atoms with E-state index in [9.17, 15) is 4.79 Å². The number of nitrogens with zero attached hydrogens (tertiary/aromatic N) is 5. The standard InChI is InChI=1S/C17H20N6O/c1-11-13(10-19-22(11)2)15-7-8-18-16-9-14(21-23(15)16)17(24)20-12-5-3-4-6-12/h7-10,12H,3-6H2,1-2H3,(H,20,24). The number of hydrogen-bond donors (Lipinski definition) is 1. The molecule has 3 aromatic rings. The van der Waals surface area contributed by atoms with Crippen molar-refractivity contribution in [3.8, 4) is 11.3 Å². The second-order valence-corrected chi connectivity index (χ2v) is 6.35. The normalized spacial score (nSPS) is 15.2. The van der Waals surface area contributed by atoms with Crippen LogP contribution in [0, 0.1) is 6.92 Å². The lowest BCUT2D eigenvalue weighted by Crippen LogP contribution is -2.32. The summed E-state index contributed by atoms with van der Waals surface area (Å²) >= 11 is 0. The van der Waals surface area contributed by atoms with Gasteiger partial charge in [-0.25, -0.2) is 9.50 Å². The topological polar surface area (TPSA) is 77.1 Å². The van der Waals surface area contributed by atoms with Crippen LogP contribution in [0.4, 0.5) is 0 Å². The van der Waals surface area contributed by atoms with Gasteiger partial charge in [-0.2, -0.15) is 10.2 Å². The molecule has 0 aromatic carbocycles. The average molecular weight is 324 g/mol. The van der Waals surface area contributed by atoms with Gasteiger partial charge in [-0.3, -0.25) is 9.48 Å². The molecular formula is C17H20N6O. The highest BCUT2D eigenvalue weighted by Crippen LogP contribution is 2.23. The van der Waals surface area contributed by atoms with Gasteiger partial charge in [0.2, 0.25) is 0 Å². The van der Waals surface area contributed by atoms with Crippen molar-refractivity contribution in [3.63, 3.8) is 0 Å². The van der Waals surface area contributed by atoms with Crippen LogP contribution in [0.25, 0.3) is 16.9 Å². The van der Waals surface area contributed by atoms with Gasteiger partial charge in [-0.1, -0.05) is 12.8 Å². The van der Waals surface area contributed by atoms with E-state index < -0.39 is 0 Å². The molecule has 124 valence electrons. The minimum atomic E-state index is -0.124. The molecule has 1 N–H and O–H groups in total. The van der Waals surface area contributed by atoms with E-state index in [4.69, 9.17) is 0 Å². The smallest absolute Gasteiger partial charge is 0.272 e. The average Bonchev–Trinajstić information content (AvgIpc) is 3.29. The summed E-state index contributed by atoms with van der Waals surface area (Å²) in [4.78, 5) is 16.8. The Morgan fingerprint density at radius 3 is 2.83 bits per heavy atom. The van der Waals surface area contributed by atoms with E-state index in [1.54, 1.807) is 16.8 Å². The fourth-order valence-corrected chi connectivity index (χ4v) is 3.29. The Bertz CT molecular complexity index is 903. The summed E-state index contributed by atoms with van der Waals surface area (Å²) in [6, 6.07) is 3.90. The van der Waals surface area contributed by atoms with Gasteiger partial charge < -0.3 is 5.32 Å². The number of fused-ring (bicyclic) bond motifs is 1. The minimum Gasteiger partial charge on any atom is -0.348 e. The molecule has 24 heavy (non-hydrogen) atoms. The highest BCUT2D eigenvalue weighted by Gasteiger charge is 2.21. The first-order valence-corrected chi connectivity index (χ1v) is 8.28. The Morgan fingerprint density at radius 1 is 1.33 bits per heavy atom. The van der Waals surface area contributed by atoms with Crippen LogP contribution in [-0.2, 0) is 7.05 Å². The molecule has 1 fully saturated rings. The molecule has 7 nitrogen and oxygen atoms in total. The van der Waals surface area contributed by atoms with Crippen LogP contribution in [0.15, 0.2) is 24.5 Å². The predicted molar refractivity (Wildman–Crippen MR) is 89.6 cm³/mol. The first-order valence-electron chi connectivity index (χ1n) is 8.28. The first kappa shape index (κ1) is 14.9. The zero-order valence-corrected chi connectivity index (χ0v) is 13.9. The molecule has 0 atom stereocenters. The SMILES string of the molecule is Cc1c(-c2ccnc3cc(C(=O)NC4CCCC4)nn23)cnn1C. The van der Waals surface area contributed by atoms with E-state index in [1.807, 2.05) is 30.9 Å². The van der Waals surface area contributed by atoms with Crippen LogP contribution in [0.5, 0.6) is 0 Å². The monoisotopic (exact) mass is 324 g/mol. The van der Waals surface area contributed by atoms with Gasteiger partial charge in [0.15, 0.2) is 11.3 Å². The molecule has 0 aliphatic heterocycles. The van der Waals surface area contributed by atoms with Crippen molar-refractivity contribution in [1.29, 1.82) is 0 Å². The Kier molecular flexibility index (Phi) is 3.55. The maximum absolute atomic E-state index is 12.5. The minimum absolute atomic E-state index is 0.124. The molecule has 7 heteroatoms. The maximum Gasteiger partial charge on any atom is 0.272 e. The summed E-state index contributed by atoms with van der Waals surface area (Å²) in [6.45, 7) is 2.01. The van der Waals surface area contributed by atoms with Gasteiger partial charge in [0.25, 0.3) is 5.91 Å². The molecule has 1 aliphatic carbocycles. The van der Waals surface area contributed by atoms with Crippen LogP contribution >= 0.6 is 0 Å². The van der Waals surface area contributed by atoms with E-state index in [0.717, 1.165) is 29.8 Å². The van der Waals surface area contributed by atoms with Gasteiger partial charge in [-0.15, -0.1) is 0 Å². The number of aryl methyl sites for hydroxylation is 1. The third kappa shape index (κ3) is 2.46. The van der Waals surface area contributed by atoms with Crippen LogP contribution < -0.4 is 5.32 Å². The number of carbonyl (C=O) groups excluding carboxylic acids is 1. The molecule has 4 rings (SSSR count). The van der Waals surface area contributed by atoms with Crippen molar-refractivity contribution in [2.45, 2.75) is 38.6 Å². The predicted octanol–water partition coefficient (Wildman–Crippen LogP) is 2.11. The molecule has 3 aromatic heterocycles. The zero-order valence-electron chi connectivity index (χ0n) is 13.9. The third-order valence-corrected chi connectivity index (χ3v) is 4.79. The number of rotatable bonds is 3. The van der Waals surface area contributed by atoms with Crippen molar-refractivity contribution < 1.29 is 4.79 Å². The van der Waals surface area contributed by atoms with Gasteiger partial charge in [-0.05, 0) is 25.8 Å². The molecule has 3 heterocycles. The van der Waals surface area contributed by atoms with E-state index in [2.05, 4.69) is 20.5 Å². The molecule has 1 aliphatic rings. The second-order valence-electron chi connectivity index (χ2n) is 6.35. The van der Waals surface area contributed by atoms with Crippen LogP contribution in [0.1, 0.15) is 41.9 Å². The molecular weight excluding hydrogens is 304 g/mol. The van der Waals surface area contributed by atoms with Crippen LogP contribution in [0.2, 0.25) is 0 Å². The molecule has 1 amide bonds. The molecule has 0 saturated heterocycles. The van der Waals surface area contributed by atoms with Crippen molar-refractivity contribution in [1.82, 2.24) is 29.7 Å². The molecule has 1 saturated carbocycles. The largest absolute Gasteiger partial charge is 0.348 e. The Hall–Kier alpha value is -2.70. The van der Waals surface area contributed by atoms with E-state index in [-0.39, 0.29) is 11.9 Å². The summed E-state index contributed by atoms with van der Waals surface area (Å²) in [5.41, 5.74) is 3.96. The number of amides is 1. The van der Waals surface area contributed by atoms with E-state index in [0.29, 0.717) is 11.3 Å². The molecule has 0 unspecified atom stereocenters. The second kappa shape index (κ2) is 5.74. The molecule has 0 bridgehead atoms. The summed E-state index contributed by atoms with van der Waals surface area (Å²) in [5.74, 6) is -0.124. The first-order chi connectivity index (χ1) is 11.6. The highest BCUT2D eigenvalue weighted by molar-refractivity contribution is 5.93. The summed E-state index contributed by atoms with van der Waals surface area (Å²) in [7, 11) is 1.90. The fraction of sp³-hybridized carbons (Fsp3) is 0.412. The number of aromatic nitrogens is 5. The quantitative estimate of drug-likeness (QED) is 0.800. The van der Waals surface area contributed by atoms with Gasteiger partial charge in [0.05, 0.1) is 11.9 Å². The number of hydrogen-bond acceptors (Lipinski definition) is 4. The molecule has 0 radical (unpaired) electrons. The summed E-state index contributed by atoms with van der Waals surface area (Å²) < 4.78 is 3.53. The summed E-state index contributed by atoms with van der Waals surface area (Å²) in [6.07, 6.45) is 8.01. The van der Waals surface area contributed by atoms with Crippen molar-refractivity contribution in [2.24, 2.45) is 7.05 Å². The lowest BCUT2D eigenvalue weighted by atomic mass is 10.2. The number of nitrogens with one attached hydrogen (secondary N) is 1. The highest BCUT2D eigenvalue weighted by atomic mass is 16.2. The van der Waals surface area contributed by atoms with E-state index >= 15 is 0 Å². The van der Waals surface area contributed by atoms with Gasteiger partial charge in [0, 0.05) is 36.6 Å². The van der Waals surface area contributed by atoms with Crippen LogP contribution in [-0.4, -0.2) is 36.3 Å². The summed E-state index contributed by atoms with van der Waals surface area (Å²) in [5, 5.41) is 11.8. The lowest BCUT2D eigenvalue weighted by molar-refractivity contribution is 0.0932. The van der Waals surface area contributed by atoms with Gasteiger partial charge in [0.1, 0.15) is 0 Å². The van der Waals surface area contributed by atoms with Crippen molar-refractivity contribution >= 4 is 11.6 Å². The Labute approximate surface area is 139 Å². The molecule has 0 spiro atoms. The number of carbonyl (C=O) groups is 1. The Balaban J connectivity index is 1.71. The Morgan fingerprint density at radius 2 is 2.12 bits per heavy atom. The van der Waals surface area contributed by atoms with E-state index in [1.165, 1.54) is 12.8 Å². The lowest BCUT2D eigenvalue weighted by Gasteiger charge is -2.09. The van der Waals surface area contributed by atoms with Gasteiger partial charge >= 0.3 is 0 Å². The zero-order chi connectivity index (χ0) is 16.7. The van der Waals surface area contributed by atoms with Crippen molar-refractivity contribution in [3.05, 3.63) is 35.9 Å².